The maximum Gasteiger partial charge on any atom is 0.0540 e. The lowest BCUT2D eigenvalue weighted by atomic mass is 9.74. The quantitative estimate of drug-likeness (QED) is 0.147. The van der Waals surface area contributed by atoms with Gasteiger partial charge in [-0.15, -0.1) is 11.3 Å². The van der Waals surface area contributed by atoms with E-state index in [1.807, 2.05) is 11.3 Å². The van der Waals surface area contributed by atoms with Crippen molar-refractivity contribution in [2.75, 3.05) is 4.90 Å². The summed E-state index contributed by atoms with van der Waals surface area (Å²) in [7, 11) is 0. The Labute approximate surface area is 403 Å². The van der Waals surface area contributed by atoms with E-state index in [0.29, 0.717) is 5.92 Å². The second-order valence-corrected chi connectivity index (χ2v) is 20.1. The Morgan fingerprint density at radius 1 is 0.426 bits per heavy atom. The number of nitrogens with zero attached hydrogens (tertiary/aromatic N) is 1. The molecule has 11 aromatic rings. The van der Waals surface area contributed by atoms with Crippen LogP contribution in [0.15, 0.2) is 224 Å². The molecule has 1 unspecified atom stereocenters. The van der Waals surface area contributed by atoms with Crippen LogP contribution >= 0.6 is 11.3 Å². The first-order valence-electron chi connectivity index (χ1n) is 24.5. The maximum atomic E-state index is 2.54. The molecule has 1 atom stereocenters. The van der Waals surface area contributed by atoms with Crippen molar-refractivity contribution >= 4 is 59.3 Å². The summed E-state index contributed by atoms with van der Waals surface area (Å²) in [5.41, 5.74) is 18.8. The van der Waals surface area contributed by atoms with Crippen molar-refractivity contribution in [3.05, 3.63) is 247 Å². The average molecular weight is 890 g/mol. The van der Waals surface area contributed by atoms with Gasteiger partial charge < -0.3 is 4.90 Å². The Hall–Kier alpha value is -7.52. The van der Waals surface area contributed by atoms with Crippen molar-refractivity contribution in [3.63, 3.8) is 0 Å². The molecule has 10 aromatic carbocycles. The summed E-state index contributed by atoms with van der Waals surface area (Å²) in [6.45, 7) is 2.40. The second kappa shape index (κ2) is 16.7. The molecular weight excluding hydrogens is 839 g/mol. The molecule has 1 fully saturated rings. The van der Waals surface area contributed by atoms with E-state index in [1.54, 1.807) is 0 Å². The van der Waals surface area contributed by atoms with Gasteiger partial charge in [-0.1, -0.05) is 207 Å². The SMILES string of the molecule is CC1(c2ccccc2)c2ccccc2-c2c(-c3ccc(N(c4ccccc4-c4cccc5cccc(C6CCCCC6)c45)c4ccccc4-c4cccc5sc6ccccc6c45)cc3)cccc21. The van der Waals surface area contributed by atoms with E-state index in [2.05, 4.69) is 236 Å². The minimum Gasteiger partial charge on any atom is -0.309 e. The fraction of sp³-hybridized carbons (Fsp3) is 0.121. The van der Waals surface area contributed by atoms with Gasteiger partial charge in [-0.2, -0.15) is 0 Å². The number of para-hydroxylation sites is 2. The smallest absolute Gasteiger partial charge is 0.0540 e. The van der Waals surface area contributed by atoms with E-state index < -0.39 is 0 Å². The second-order valence-electron chi connectivity index (χ2n) is 19.0. The Morgan fingerprint density at radius 3 is 1.75 bits per heavy atom. The zero-order valence-electron chi connectivity index (χ0n) is 38.3. The molecule has 13 rings (SSSR count). The molecule has 0 spiro atoms. The average Bonchev–Trinajstić information content (AvgIpc) is 3.93. The van der Waals surface area contributed by atoms with Crippen molar-refractivity contribution in [1.82, 2.24) is 0 Å². The highest BCUT2D eigenvalue weighted by Crippen LogP contribution is 2.56. The zero-order chi connectivity index (χ0) is 45.2. The lowest BCUT2D eigenvalue weighted by molar-refractivity contribution is 0.445. The molecule has 2 heteroatoms. The molecular formula is C66H51NS. The molecule has 2 aliphatic rings. The van der Waals surface area contributed by atoms with Crippen LogP contribution in [0.1, 0.15) is 67.2 Å². The summed E-state index contributed by atoms with van der Waals surface area (Å²) in [4.78, 5) is 2.54. The van der Waals surface area contributed by atoms with E-state index in [-0.39, 0.29) is 5.41 Å². The summed E-state index contributed by atoms with van der Waals surface area (Å²) < 4.78 is 2.62. The largest absolute Gasteiger partial charge is 0.309 e. The minimum absolute atomic E-state index is 0.261. The van der Waals surface area contributed by atoms with Crippen LogP contribution in [0.25, 0.3) is 75.5 Å². The van der Waals surface area contributed by atoms with Crippen molar-refractivity contribution < 1.29 is 0 Å². The molecule has 0 N–H and O–H groups in total. The third-order valence-electron chi connectivity index (χ3n) is 15.4. The third-order valence-corrected chi connectivity index (χ3v) is 16.5. The van der Waals surface area contributed by atoms with Gasteiger partial charge in [-0.25, -0.2) is 0 Å². The molecule has 0 aliphatic heterocycles. The van der Waals surface area contributed by atoms with Crippen LogP contribution in [0, 0.1) is 0 Å². The predicted octanol–water partition coefficient (Wildman–Crippen LogP) is 19.1. The van der Waals surface area contributed by atoms with Crippen LogP contribution in [-0.4, -0.2) is 0 Å². The first-order valence-corrected chi connectivity index (χ1v) is 25.3. The highest BCUT2D eigenvalue weighted by atomic mass is 32.1. The Morgan fingerprint density at radius 2 is 0.985 bits per heavy atom. The summed E-state index contributed by atoms with van der Waals surface area (Å²) in [6.07, 6.45) is 6.46. The van der Waals surface area contributed by atoms with Crippen LogP contribution in [0.3, 0.4) is 0 Å². The van der Waals surface area contributed by atoms with Gasteiger partial charge in [-0.05, 0) is 128 Å². The summed E-state index contributed by atoms with van der Waals surface area (Å²) in [5, 5.41) is 5.33. The van der Waals surface area contributed by atoms with E-state index in [9.17, 15) is 0 Å². The Bertz CT molecular complexity index is 3680. The number of hydrogen-bond acceptors (Lipinski definition) is 2. The van der Waals surface area contributed by atoms with Gasteiger partial charge in [-0.3, -0.25) is 0 Å². The van der Waals surface area contributed by atoms with Crippen LogP contribution in [0.4, 0.5) is 17.1 Å². The first kappa shape index (κ1) is 40.7. The summed E-state index contributed by atoms with van der Waals surface area (Å²) in [6, 6.07) is 84.3. The molecule has 68 heavy (non-hydrogen) atoms. The normalized spacial score (nSPS) is 15.7. The topological polar surface area (TPSA) is 3.24 Å². The van der Waals surface area contributed by atoms with Crippen molar-refractivity contribution in [2.45, 2.75) is 50.4 Å². The number of thiophene rings is 1. The maximum absolute atomic E-state index is 2.54. The molecule has 1 heterocycles. The molecule has 1 nitrogen and oxygen atoms in total. The number of fused-ring (bicyclic) bond motifs is 7. The van der Waals surface area contributed by atoms with Gasteiger partial charge in [0.05, 0.1) is 11.4 Å². The fourth-order valence-corrected chi connectivity index (χ4v) is 13.3. The van der Waals surface area contributed by atoms with Crippen LogP contribution in [0.5, 0.6) is 0 Å². The number of benzene rings is 10. The molecule has 0 radical (unpaired) electrons. The highest BCUT2D eigenvalue weighted by Gasteiger charge is 2.41. The van der Waals surface area contributed by atoms with Crippen LogP contribution in [0.2, 0.25) is 0 Å². The zero-order valence-corrected chi connectivity index (χ0v) is 39.1. The van der Waals surface area contributed by atoms with Gasteiger partial charge in [0.25, 0.3) is 0 Å². The number of rotatable bonds is 8. The van der Waals surface area contributed by atoms with Crippen molar-refractivity contribution in [3.8, 4) is 44.5 Å². The molecule has 326 valence electrons. The van der Waals surface area contributed by atoms with Gasteiger partial charge in [0.15, 0.2) is 0 Å². The van der Waals surface area contributed by atoms with E-state index >= 15 is 0 Å². The fourth-order valence-electron chi connectivity index (χ4n) is 12.2. The lowest BCUT2D eigenvalue weighted by Crippen LogP contribution is -2.22. The van der Waals surface area contributed by atoms with E-state index in [0.717, 1.165) is 17.1 Å². The molecule has 0 saturated heterocycles. The van der Waals surface area contributed by atoms with Crippen LogP contribution in [-0.2, 0) is 5.41 Å². The van der Waals surface area contributed by atoms with Gasteiger partial charge >= 0.3 is 0 Å². The van der Waals surface area contributed by atoms with Crippen molar-refractivity contribution in [2.24, 2.45) is 0 Å². The summed E-state index contributed by atoms with van der Waals surface area (Å²) in [5.74, 6) is 0.572. The molecule has 0 amide bonds. The molecule has 1 saturated carbocycles. The predicted molar refractivity (Wildman–Crippen MR) is 291 cm³/mol. The minimum atomic E-state index is -0.261. The lowest BCUT2D eigenvalue weighted by Gasteiger charge is -2.31. The van der Waals surface area contributed by atoms with Crippen LogP contribution < -0.4 is 4.90 Å². The van der Waals surface area contributed by atoms with E-state index in [4.69, 9.17) is 0 Å². The molecule has 1 aromatic heterocycles. The van der Waals surface area contributed by atoms with E-state index in [1.165, 1.54) is 130 Å². The monoisotopic (exact) mass is 889 g/mol. The first-order chi connectivity index (χ1) is 33.6. The standard InChI is InChI=1S/C66H51NS/c1-66(47-24-6-3-7-25-47)57-34-12-8-28-55(57)64-50(31-18-35-58(64)66)45-40-42-48(43-41-45)67(60-37-14-10-27-52(60)54-33-19-39-62-65(54)56-29-11-15-38-61(56)68-62)59-36-13-9-26-51(59)53-32-17-23-46-22-16-30-49(63(46)53)44-20-4-2-5-21-44/h3,6-19,22-44H,2,4-5,20-21H2,1H3. The highest BCUT2D eigenvalue weighted by molar-refractivity contribution is 7.25. The number of anilines is 3. The summed E-state index contributed by atoms with van der Waals surface area (Å²) >= 11 is 1.88. The number of hydrogen-bond donors (Lipinski definition) is 0. The molecule has 2 aliphatic carbocycles. The Kier molecular flexibility index (Phi) is 9.98. The Balaban J connectivity index is 1.02. The van der Waals surface area contributed by atoms with Gasteiger partial charge in [0, 0.05) is 42.4 Å². The molecule has 0 bridgehead atoms. The van der Waals surface area contributed by atoms with Gasteiger partial charge in [0.1, 0.15) is 0 Å². The third kappa shape index (κ3) is 6.49. The van der Waals surface area contributed by atoms with Crippen molar-refractivity contribution in [1.29, 1.82) is 0 Å². The van der Waals surface area contributed by atoms with Gasteiger partial charge in [0.2, 0.25) is 0 Å².